The summed E-state index contributed by atoms with van der Waals surface area (Å²) in [6, 6.07) is 10.1. The van der Waals surface area contributed by atoms with Crippen molar-refractivity contribution in [3.8, 4) is 5.75 Å². The number of halogens is 1. The molecule has 1 aromatic carbocycles. The normalized spacial score (nSPS) is 19.1. The predicted molar refractivity (Wildman–Crippen MR) is 94.0 cm³/mol. The zero-order valence-electron chi connectivity index (χ0n) is 14.2. The van der Waals surface area contributed by atoms with Crippen LogP contribution in [-0.4, -0.2) is 31.2 Å². The molecule has 1 aromatic heterocycles. The first-order chi connectivity index (χ1) is 11.7. The molecule has 4 nitrogen and oxygen atoms in total. The van der Waals surface area contributed by atoms with Crippen molar-refractivity contribution < 1.29 is 9.13 Å². The Kier molecular flexibility index (Phi) is 5.30. The number of hydrogen-bond acceptors (Lipinski definition) is 4. The van der Waals surface area contributed by atoms with E-state index in [2.05, 4.69) is 28.2 Å². The number of piperidine rings is 1. The summed E-state index contributed by atoms with van der Waals surface area (Å²) in [5, 5.41) is 3.61. The van der Waals surface area contributed by atoms with Crippen LogP contribution in [0.2, 0.25) is 0 Å². The molecule has 0 radical (unpaired) electrons. The van der Waals surface area contributed by atoms with Crippen molar-refractivity contribution in [2.24, 2.45) is 0 Å². The Labute approximate surface area is 142 Å². The summed E-state index contributed by atoms with van der Waals surface area (Å²) in [5.74, 6) is 0.612. The number of benzene rings is 1. The van der Waals surface area contributed by atoms with Gasteiger partial charge >= 0.3 is 0 Å². The Morgan fingerprint density at radius 3 is 2.96 bits per heavy atom. The van der Waals surface area contributed by atoms with Crippen LogP contribution >= 0.6 is 0 Å². The molecule has 24 heavy (non-hydrogen) atoms. The largest absolute Gasteiger partial charge is 0.495 e. The maximum atomic E-state index is 13.4. The lowest BCUT2D eigenvalue weighted by Gasteiger charge is -2.36. The predicted octanol–water partition coefficient (Wildman–Crippen LogP) is 3.55. The molecule has 3 rings (SSSR count). The van der Waals surface area contributed by atoms with Crippen molar-refractivity contribution >= 4 is 5.69 Å². The fourth-order valence-electron chi connectivity index (χ4n) is 3.34. The SMILES string of the molecule is COc1ccccc1N1CCC[C@H](N[C@@H](C)c2cncc(F)c2)C1. The molecule has 0 bridgehead atoms. The van der Waals surface area contributed by atoms with Crippen LogP contribution in [0.3, 0.4) is 0 Å². The van der Waals surface area contributed by atoms with E-state index in [1.165, 1.54) is 6.20 Å². The van der Waals surface area contributed by atoms with Crippen LogP contribution in [0.4, 0.5) is 10.1 Å². The van der Waals surface area contributed by atoms with E-state index in [-0.39, 0.29) is 11.9 Å². The lowest BCUT2D eigenvalue weighted by atomic mass is 10.0. The number of nitrogens with one attached hydrogen (secondary N) is 1. The van der Waals surface area contributed by atoms with E-state index in [1.807, 2.05) is 18.2 Å². The first-order valence-electron chi connectivity index (χ1n) is 8.42. The van der Waals surface area contributed by atoms with Crippen molar-refractivity contribution in [2.75, 3.05) is 25.1 Å². The first-order valence-corrected chi connectivity index (χ1v) is 8.42. The quantitative estimate of drug-likeness (QED) is 0.910. The van der Waals surface area contributed by atoms with Crippen LogP contribution in [0, 0.1) is 5.82 Å². The van der Waals surface area contributed by atoms with E-state index in [4.69, 9.17) is 4.74 Å². The summed E-state index contributed by atoms with van der Waals surface area (Å²) in [6.07, 6.45) is 5.18. The van der Waals surface area contributed by atoms with Crippen molar-refractivity contribution in [3.05, 3.63) is 54.1 Å². The second kappa shape index (κ2) is 7.62. The number of rotatable bonds is 5. The van der Waals surface area contributed by atoms with Gasteiger partial charge in [0, 0.05) is 31.4 Å². The fourth-order valence-corrected chi connectivity index (χ4v) is 3.34. The van der Waals surface area contributed by atoms with Gasteiger partial charge in [0.25, 0.3) is 0 Å². The Morgan fingerprint density at radius 1 is 1.33 bits per heavy atom. The number of pyridine rings is 1. The highest BCUT2D eigenvalue weighted by Crippen LogP contribution is 2.30. The molecule has 5 heteroatoms. The highest BCUT2D eigenvalue weighted by molar-refractivity contribution is 5.58. The number of ether oxygens (including phenoxy) is 1. The molecular formula is C19H24FN3O. The smallest absolute Gasteiger partial charge is 0.142 e. The van der Waals surface area contributed by atoms with Crippen LogP contribution < -0.4 is 15.0 Å². The lowest BCUT2D eigenvalue weighted by Crippen LogP contribution is -2.46. The average molecular weight is 329 g/mol. The van der Waals surface area contributed by atoms with Crippen molar-refractivity contribution in [3.63, 3.8) is 0 Å². The summed E-state index contributed by atoms with van der Waals surface area (Å²) < 4.78 is 18.8. The molecule has 1 aliphatic rings. The summed E-state index contributed by atoms with van der Waals surface area (Å²) in [7, 11) is 1.71. The maximum absolute atomic E-state index is 13.4. The Bertz CT molecular complexity index is 679. The monoisotopic (exact) mass is 329 g/mol. The molecule has 1 aliphatic heterocycles. The van der Waals surface area contributed by atoms with Gasteiger partial charge in [0.05, 0.1) is 19.0 Å². The van der Waals surface area contributed by atoms with Crippen LogP contribution in [0.1, 0.15) is 31.4 Å². The fraction of sp³-hybridized carbons (Fsp3) is 0.421. The molecule has 1 saturated heterocycles. The molecule has 0 amide bonds. The van der Waals surface area contributed by atoms with Gasteiger partial charge in [-0.1, -0.05) is 12.1 Å². The number of nitrogens with zero attached hydrogens (tertiary/aromatic N) is 2. The summed E-state index contributed by atoms with van der Waals surface area (Å²) in [5.41, 5.74) is 2.01. The molecule has 2 aromatic rings. The van der Waals surface area contributed by atoms with Crippen molar-refractivity contribution in [1.29, 1.82) is 0 Å². The van der Waals surface area contributed by atoms with Crippen LogP contribution in [0.25, 0.3) is 0 Å². The molecule has 1 N–H and O–H groups in total. The van der Waals surface area contributed by atoms with Crippen LogP contribution in [0.5, 0.6) is 5.75 Å². The highest BCUT2D eigenvalue weighted by Gasteiger charge is 2.23. The Hall–Kier alpha value is -2.14. The zero-order valence-corrected chi connectivity index (χ0v) is 14.2. The summed E-state index contributed by atoms with van der Waals surface area (Å²) in [6.45, 7) is 3.99. The number of methoxy groups -OCH3 is 1. The second-order valence-corrected chi connectivity index (χ2v) is 6.28. The van der Waals surface area contributed by atoms with E-state index in [0.717, 1.165) is 42.9 Å². The lowest BCUT2D eigenvalue weighted by molar-refractivity contribution is 0.380. The third kappa shape index (κ3) is 3.85. The molecule has 0 saturated carbocycles. The van der Waals surface area contributed by atoms with Gasteiger partial charge in [0.15, 0.2) is 0 Å². The molecular weight excluding hydrogens is 305 g/mol. The topological polar surface area (TPSA) is 37.4 Å². The third-order valence-corrected chi connectivity index (χ3v) is 4.56. The van der Waals surface area contributed by atoms with E-state index in [9.17, 15) is 4.39 Å². The minimum absolute atomic E-state index is 0.0656. The molecule has 0 unspecified atom stereocenters. The maximum Gasteiger partial charge on any atom is 0.142 e. The first kappa shape index (κ1) is 16.7. The molecule has 0 spiro atoms. The number of para-hydroxylation sites is 2. The number of aromatic nitrogens is 1. The summed E-state index contributed by atoms with van der Waals surface area (Å²) >= 11 is 0. The minimum atomic E-state index is -0.291. The Morgan fingerprint density at radius 2 is 2.17 bits per heavy atom. The van der Waals surface area contributed by atoms with Gasteiger partial charge in [-0.05, 0) is 43.5 Å². The van der Waals surface area contributed by atoms with Gasteiger partial charge in [0.1, 0.15) is 11.6 Å². The van der Waals surface area contributed by atoms with E-state index >= 15 is 0 Å². The van der Waals surface area contributed by atoms with E-state index < -0.39 is 0 Å². The highest BCUT2D eigenvalue weighted by atomic mass is 19.1. The van der Waals surface area contributed by atoms with Crippen molar-refractivity contribution in [1.82, 2.24) is 10.3 Å². The van der Waals surface area contributed by atoms with E-state index in [0.29, 0.717) is 6.04 Å². The number of anilines is 1. The van der Waals surface area contributed by atoms with Crippen molar-refractivity contribution in [2.45, 2.75) is 31.8 Å². The number of hydrogen-bond donors (Lipinski definition) is 1. The van der Waals surface area contributed by atoms with Crippen LogP contribution in [-0.2, 0) is 0 Å². The molecule has 128 valence electrons. The van der Waals surface area contributed by atoms with Crippen LogP contribution in [0.15, 0.2) is 42.7 Å². The third-order valence-electron chi connectivity index (χ3n) is 4.56. The molecule has 2 atom stereocenters. The van der Waals surface area contributed by atoms with Gasteiger partial charge < -0.3 is 15.0 Å². The standard InChI is InChI=1S/C19H24FN3O/c1-14(15-10-16(20)12-21-11-15)22-17-6-5-9-23(13-17)18-7-3-4-8-19(18)24-2/h3-4,7-8,10-12,14,17,22H,5-6,9,13H2,1-2H3/t14-,17-/m0/s1. The zero-order chi connectivity index (χ0) is 16.9. The van der Waals surface area contributed by atoms with Gasteiger partial charge in [-0.25, -0.2) is 4.39 Å². The second-order valence-electron chi connectivity index (χ2n) is 6.28. The molecule has 1 fully saturated rings. The van der Waals surface area contributed by atoms with Gasteiger partial charge in [-0.15, -0.1) is 0 Å². The minimum Gasteiger partial charge on any atom is -0.495 e. The average Bonchev–Trinajstić information content (AvgIpc) is 2.62. The van der Waals surface area contributed by atoms with Gasteiger partial charge in [0.2, 0.25) is 0 Å². The van der Waals surface area contributed by atoms with Gasteiger partial charge in [-0.3, -0.25) is 4.98 Å². The molecule has 0 aliphatic carbocycles. The summed E-state index contributed by atoms with van der Waals surface area (Å²) in [4.78, 5) is 6.30. The Balaban J connectivity index is 1.67. The van der Waals surface area contributed by atoms with E-state index in [1.54, 1.807) is 19.4 Å². The molecule has 2 heterocycles. The van der Waals surface area contributed by atoms with Gasteiger partial charge in [-0.2, -0.15) is 0 Å².